The van der Waals surface area contributed by atoms with Gasteiger partial charge < -0.3 is 10.7 Å². The Kier molecular flexibility index (Phi) is 4.55. The van der Waals surface area contributed by atoms with Gasteiger partial charge in [-0.05, 0) is 57.5 Å². The van der Waals surface area contributed by atoms with Crippen LogP contribution in [0.15, 0.2) is 40.2 Å². The molecule has 0 spiro atoms. The molecule has 1 aromatic carbocycles. The average molecular weight is 437 g/mol. The highest BCUT2D eigenvalue weighted by Crippen LogP contribution is 2.20. The number of H-pyrrole nitrogens is 1. The molecule has 122 valence electrons. The van der Waals surface area contributed by atoms with Gasteiger partial charge in [0.15, 0.2) is 17.4 Å². The smallest absolute Gasteiger partial charge is 0.292 e. The van der Waals surface area contributed by atoms with E-state index >= 15 is 0 Å². The van der Waals surface area contributed by atoms with Crippen molar-refractivity contribution in [3.05, 3.63) is 51.2 Å². The number of aryl methyl sites for hydroxylation is 1. The molecule has 0 aliphatic carbocycles. The number of aromatic nitrogens is 4. The van der Waals surface area contributed by atoms with Crippen molar-refractivity contribution in [1.82, 2.24) is 20.3 Å². The Balaban J connectivity index is 1.84. The summed E-state index contributed by atoms with van der Waals surface area (Å²) in [6.07, 6.45) is 3.00. The molecule has 0 saturated carbocycles. The number of nitrogens with two attached hydrogens (primary N) is 1. The topological polar surface area (TPSA) is 135 Å². The largest absolute Gasteiger partial charge is 0.382 e. The van der Waals surface area contributed by atoms with Gasteiger partial charge in [0.25, 0.3) is 5.91 Å². The highest BCUT2D eigenvalue weighted by atomic mass is 127. The zero-order valence-electron chi connectivity index (χ0n) is 12.4. The Morgan fingerprint density at radius 1 is 1.42 bits per heavy atom. The quantitative estimate of drug-likeness (QED) is 0.325. The lowest BCUT2D eigenvalue weighted by Gasteiger charge is -2.02. The zero-order valence-corrected chi connectivity index (χ0v) is 14.6. The van der Waals surface area contributed by atoms with E-state index in [1.54, 1.807) is 0 Å². The summed E-state index contributed by atoms with van der Waals surface area (Å²) in [6, 6.07) is 5.66. The van der Waals surface area contributed by atoms with Gasteiger partial charge in [-0.25, -0.2) is 14.6 Å². The molecule has 0 fully saturated rings. The Labute approximate surface area is 149 Å². The molecule has 3 aromatic rings. The average Bonchev–Trinajstić information content (AvgIpc) is 3.22. The third-order valence-electron chi connectivity index (χ3n) is 3.08. The van der Waals surface area contributed by atoms with Gasteiger partial charge in [-0.3, -0.25) is 10.1 Å². The molecule has 0 atom stereocenters. The highest BCUT2D eigenvalue weighted by Gasteiger charge is 2.18. The van der Waals surface area contributed by atoms with Crippen molar-refractivity contribution in [3.63, 3.8) is 0 Å². The summed E-state index contributed by atoms with van der Waals surface area (Å²) >= 11 is 2.21. The van der Waals surface area contributed by atoms with Crippen LogP contribution in [0.2, 0.25) is 0 Å². The molecule has 4 N–H and O–H groups in total. The van der Waals surface area contributed by atoms with Crippen LogP contribution < -0.4 is 11.1 Å². The first kappa shape index (κ1) is 16.1. The van der Waals surface area contributed by atoms with Gasteiger partial charge in [0.2, 0.25) is 5.82 Å². The molecule has 0 unspecified atom stereocenters. The maximum Gasteiger partial charge on any atom is 0.292 e. The van der Waals surface area contributed by atoms with E-state index in [1.807, 2.05) is 25.1 Å². The first-order valence-corrected chi connectivity index (χ1v) is 7.86. The van der Waals surface area contributed by atoms with Gasteiger partial charge in [0, 0.05) is 16.0 Å². The SMILES string of the molecule is Cc1ccc(N=C(N)c2nonc2NC(=O)c2ncc[nH]2)cc1I. The van der Waals surface area contributed by atoms with E-state index in [0.717, 1.165) is 9.13 Å². The minimum Gasteiger partial charge on any atom is -0.382 e. The third-order valence-corrected chi connectivity index (χ3v) is 4.24. The molecular formula is C14H12IN7O2. The molecule has 24 heavy (non-hydrogen) atoms. The number of carbonyl (C=O) groups is 1. The number of amides is 1. The molecule has 0 aliphatic heterocycles. The second-order valence-electron chi connectivity index (χ2n) is 4.78. The number of nitrogens with one attached hydrogen (secondary N) is 2. The number of aliphatic imine (C=N–C) groups is 1. The predicted octanol–water partition coefficient (Wildman–Crippen LogP) is 2.00. The summed E-state index contributed by atoms with van der Waals surface area (Å²) in [4.78, 5) is 22.8. The fraction of sp³-hybridized carbons (Fsp3) is 0.0714. The Bertz CT molecular complexity index is 902. The number of halogens is 1. The van der Waals surface area contributed by atoms with Gasteiger partial charge in [-0.2, -0.15) is 0 Å². The number of anilines is 1. The Morgan fingerprint density at radius 3 is 2.96 bits per heavy atom. The van der Waals surface area contributed by atoms with Crippen molar-refractivity contribution in [3.8, 4) is 0 Å². The van der Waals surface area contributed by atoms with Crippen LogP contribution in [0.5, 0.6) is 0 Å². The van der Waals surface area contributed by atoms with Crippen molar-refractivity contribution < 1.29 is 9.42 Å². The number of hydrogen-bond donors (Lipinski definition) is 3. The monoisotopic (exact) mass is 437 g/mol. The fourth-order valence-electron chi connectivity index (χ4n) is 1.84. The molecule has 2 heterocycles. The molecule has 0 bridgehead atoms. The molecule has 0 radical (unpaired) electrons. The summed E-state index contributed by atoms with van der Waals surface area (Å²) in [7, 11) is 0. The first-order valence-electron chi connectivity index (χ1n) is 6.78. The lowest BCUT2D eigenvalue weighted by molar-refractivity contribution is 0.101. The fourth-order valence-corrected chi connectivity index (χ4v) is 2.34. The second kappa shape index (κ2) is 6.78. The molecule has 0 aliphatic rings. The van der Waals surface area contributed by atoms with Gasteiger partial charge in [0.1, 0.15) is 0 Å². The molecule has 1 amide bonds. The molecule has 9 nitrogen and oxygen atoms in total. The van der Waals surface area contributed by atoms with Crippen LogP contribution in [0.4, 0.5) is 11.5 Å². The molecule has 0 saturated heterocycles. The number of amidine groups is 1. The van der Waals surface area contributed by atoms with Gasteiger partial charge in [-0.1, -0.05) is 6.07 Å². The van der Waals surface area contributed by atoms with Gasteiger partial charge >= 0.3 is 0 Å². The standard InChI is InChI=1S/C14H12IN7O2/c1-7-2-3-8(6-9(7)15)19-11(16)10-12(22-24-21-10)20-14(23)13-17-4-5-18-13/h2-6H,1H3,(H2,16,19)(H,17,18)(H,20,22,23). The minimum absolute atomic E-state index is 0.0689. The van der Waals surface area contributed by atoms with Gasteiger partial charge in [-0.15, -0.1) is 0 Å². The van der Waals surface area contributed by atoms with Crippen LogP contribution >= 0.6 is 22.6 Å². The normalized spacial score (nSPS) is 11.5. The number of imidazole rings is 1. The van der Waals surface area contributed by atoms with E-state index in [0.29, 0.717) is 5.69 Å². The number of rotatable bonds is 4. The van der Waals surface area contributed by atoms with Crippen LogP contribution in [0.1, 0.15) is 21.9 Å². The Morgan fingerprint density at radius 2 is 2.25 bits per heavy atom. The van der Waals surface area contributed by atoms with Crippen molar-refractivity contribution in [1.29, 1.82) is 0 Å². The lowest BCUT2D eigenvalue weighted by Crippen LogP contribution is -2.19. The van der Waals surface area contributed by atoms with Crippen molar-refractivity contribution in [2.24, 2.45) is 10.7 Å². The van der Waals surface area contributed by atoms with Gasteiger partial charge in [0.05, 0.1) is 5.69 Å². The predicted molar refractivity (Wildman–Crippen MR) is 95.1 cm³/mol. The summed E-state index contributed by atoms with van der Waals surface area (Å²) < 4.78 is 5.72. The summed E-state index contributed by atoms with van der Waals surface area (Å²) in [6.45, 7) is 2.00. The van der Waals surface area contributed by atoms with E-state index < -0.39 is 5.91 Å². The number of aromatic amines is 1. The van der Waals surface area contributed by atoms with Crippen molar-refractivity contribution >= 4 is 45.8 Å². The molecule has 10 heteroatoms. The van der Waals surface area contributed by atoms with Crippen LogP contribution in [0.25, 0.3) is 0 Å². The van der Waals surface area contributed by atoms with E-state index in [-0.39, 0.29) is 23.2 Å². The minimum atomic E-state index is -0.491. The Hall–Kier alpha value is -2.76. The first-order chi connectivity index (χ1) is 11.5. The molecular weight excluding hydrogens is 425 g/mol. The number of carbonyl (C=O) groups excluding carboxylic acids is 1. The highest BCUT2D eigenvalue weighted by molar-refractivity contribution is 14.1. The zero-order chi connectivity index (χ0) is 17.1. The van der Waals surface area contributed by atoms with Crippen LogP contribution in [0.3, 0.4) is 0 Å². The lowest BCUT2D eigenvalue weighted by atomic mass is 10.2. The summed E-state index contributed by atoms with van der Waals surface area (Å²) in [5.41, 5.74) is 7.91. The summed E-state index contributed by atoms with van der Waals surface area (Å²) in [5.74, 6) is -0.215. The second-order valence-corrected chi connectivity index (χ2v) is 5.95. The molecule has 2 aromatic heterocycles. The molecule has 3 rings (SSSR count). The maximum absolute atomic E-state index is 12.0. The third kappa shape index (κ3) is 3.42. The van der Waals surface area contributed by atoms with Crippen molar-refractivity contribution in [2.75, 3.05) is 5.32 Å². The number of hydrogen-bond acceptors (Lipinski definition) is 6. The van der Waals surface area contributed by atoms with Crippen LogP contribution in [-0.2, 0) is 0 Å². The van der Waals surface area contributed by atoms with Crippen LogP contribution in [0, 0.1) is 10.5 Å². The van der Waals surface area contributed by atoms with E-state index in [2.05, 4.69) is 57.8 Å². The van der Waals surface area contributed by atoms with Crippen molar-refractivity contribution in [2.45, 2.75) is 6.92 Å². The number of nitrogens with zero attached hydrogens (tertiary/aromatic N) is 4. The van der Waals surface area contributed by atoms with E-state index in [4.69, 9.17) is 5.73 Å². The maximum atomic E-state index is 12.0. The van der Waals surface area contributed by atoms with Crippen LogP contribution in [-0.4, -0.2) is 32.0 Å². The van der Waals surface area contributed by atoms with E-state index in [1.165, 1.54) is 12.4 Å². The van der Waals surface area contributed by atoms with E-state index in [9.17, 15) is 4.79 Å². The number of benzene rings is 1. The summed E-state index contributed by atoms with van der Waals surface area (Å²) in [5, 5.41) is 9.85.